The Bertz CT molecular complexity index is 155. The van der Waals surface area contributed by atoms with Gasteiger partial charge in [0.15, 0.2) is 0 Å². The van der Waals surface area contributed by atoms with E-state index in [4.69, 9.17) is 15.3 Å². The van der Waals surface area contributed by atoms with Crippen LogP contribution in [0.2, 0.25) is 0 Å². The van der Waals surface area contributed by atoms with E-state index >= 15 is 0 Å². The van der Waals surface area contributed by atoms with Crippen LogP contribution in [0.3, 0.4) is 0 Å². The number of aliphatic hydroxyl groups excluding tert-OH is 1. The second-order valence-corrected chi connectivity index (χ2v) is 2.42. The largest absolute Gasteiger partial charge is 0.388 e. The molecule has 11 heavy (non-hydrogen) atoms. The lowest BCUT2D eigenvalue weighted by molar-refractivity contribution is -0.563. The highest BCUT2D eigenvalue weighted by Crippen LogP contribution is 2.13. The van der Waals surface area contributed by atoms with Crippen molar-refractivity contribution in [2.45, 2.75) is 31.8 Å². The van der Waals surface area contributed by atoms with Crippen molar-refractivity contribution < 1.29 is 20.2 Å². The lowest BCUT2D eigenvalue weighted by Gasteiger charge is -2.24. The van der Waals surface area contributed by atoms with Crippen molar-refractivity contribution in [2.75, 3.05) is 0 Å². The Balaban J connectivity index is 4.41. The molecule has 0 heterocycles. The van der Waals surface area contributed by atoms with Gasteiger partial charge in [-0.2, -0.15) is 0 Å². The Hall–Kier alpha value is -0.720. The highest BCUT2D eigenvalue weighted by molar-refractivity contribution is 4.77. The monoisotopic (exact) mass is 165 g/mol. The SMILES string of the molecule is CC(O)C(O)(O)C(C)[N+](=O)[O-]. The van der Waals surface area contributed by atoms with E-state index in [9.17, 15) is 10.1 Å². The van der Waals surface area contributed by atoms with E-state index in [-0.39, 0.29) is 0 Å². The molecule has 0 aromatic rings. The molecule has 0 radical (unpaired) electrons. The molecule has 0 aliphatic heterocycles. The minimum Gasteiger partial charge on any atom is -0.388 e. The van der Waals surface area contributed by atoms with Gasteiger partial charge in [-0.15, -0.1) is 0 Å². The van der Waals surface area contributed by atoms with E-state index in [1.165, 1.54) is 0 Å². The molecule has 6 nitrogen and oxygen atoms in total. The fraction of sp³-hybridized carbons (Fsp3) is 1.00. The average molecular weight is 165 g/mol. The van der Waals surface area contributed by atoms with Crippen molar-refractivity contribution in [2.24, 2.45) is 0 Å². The summed E-state index contributed by atoms with van der Waals surface area (Å²) in [4.78, 5) is 9.16. The first-order valence-corrected chi connectivity index (χ1v) is 3.06. The van der Waals surface area contributed by atoms with Gasteiger partial charge in [0.2, 0.25) is 0 Å². The number of hydrogen-bond donors (Lipinski definition) is 3. The summed E-state index contributed by atoms with van der Waals surface area (Å²) in [6, 6.07) is -1.61. The summed E-state index contributed by atoms with van der Waals surface area (Å²) in [7, 11) is 0. The maximum Gasteiger partial charge on any atom is 0.265 e. The van der Waals surface area contributed by atoms with Gasteiger partial charge in [-0.05, 0) is 6.92 Å². The Labute approximate surface area is 63.2 Å². The summed E-state index contributed by atoms with van der Waals surface area (Å²) in [5, 5.41) is 36.5. The molecule has 6 heteroatoms. The minimum absolute atomic E-state index is 0.868. The maximum absolute atomic E-state index is 10.0. The van der Waals surface area contributed by atoms with E-state index < -0.39 is 22.9 Å². The third-order valence-corrected chi connectivity index (χ3v) is 1.55. The fourth-order valence-corrected chi connectivity index (χ4v) is 0.504. The molecule has 0 aromatic heterocycles. The van der Waals surface area contributed by atoms with Crippen LogP contribution in [0, 0.1) is 10.1 Å². The number of nitro groups is 1. The van der Waals surface area contributed by atoms with E-state index in [1.54, 1.807) is 0 Å². The van der Waals surface area contributed by atoms with Crippen LogP contribution in [0.1, 0.15) is 13.8 Å². The maximum atomic E-state index is 10.0. The van der Waals surface area contributed by atoms with Gasteiger partial charge in [0.05, 0.1) is 0 Å². The quantitative estimate of drug-likeness (QED) is 0.274. The van der Waals surface area contributed by atoms with Gasteiger partial charge < -0.3 is 15.3 Å². The first-order chi connectivity index (χ1) is 4.80. The molecular weight excluding hydrogens is 154 g/mol. The molecule has 0 saturated carbocycles. The molecule has 0 aliphatic carbocycles. The van der Waals surface area contributed by atoms with Gasteiger partial charge in [0.25, 0.3) is 11.8 Å². The highest BCUT2D eigenvalue weighted by atomic mass is 16.6. The third kappa shape index (κ3) is 2.11. The van der Waals surface area contributed by atoms with Gasteiger partial charge in [-0.25, -0.2) is 0 Å². The molecular formula is C5H11NO5. The van der Waals surface area contributed by atoms with Crippen LogP contribution < -0.4 is 0 Å². The molecule has 0 aliphatic rings. The molecule has 0 fully saturated rings. The Morgan fingerprint density at radius 1 is 1.45 bits per heavy atom. The first-order valence-electron chi connectivity index (χ1n) is 3.06. The van der Waals surface area contributed by atoms with E-state index in [2.05, 4.69) is 0 Å². The summed E-state index contributed by atoms with van der Waals surface area (Å²) in [5.41, 5.74) is 0. The Kier molecular flexibility index (Phi) is 2.92. The predicted octanol–water partition coefficient (Wildman–Crippen LogP) is -1.29. The average Bonchev–Trinajstić information content (AvgIpc) is 1.85. The Morgan fingerprint density at radius 2 is 1.82 bits per heavy atom. The predicted molar refractivity (Wildman–Crippen MR) is 35.3 cm³/mol. The molecule has 0 bridgehead atoms. The summed E-state index contributed by atoms with van der Waals surface area (Å²) < 4.78 is 0. The van der Waals surface area contributed by atoms with Crippen LogP contribution in [0.5, 0.6) is 0 Å². The van der Waals surface area contributed by atoms with Crippen LogP contribution in [0.15, 0.2) is 0 Å². The molecule has 0 aromatic carbocycles. The summed E-state index contributed by atoms with van der Waals surface area (Å²) in [6.07, 6.45) is -1.55. The lowest BCUT2D eigenvalue weighted by atomic mass is 10.1. The van der Waals surface area contributed by atoms with Gasteiger partial charge >= 0.3 is 0 Å². The molecule has 0 spiro atoms. The van der Waals surface area contributed by atoms with Crippen molar-refractivity contribution in [1.29, 1.82) is 0 Å². The van der Waals surface area contributed by atoms with E-state index in [1.807, 2.05) is 0 Å². The normalized spacial score (nSPS) is 17.5. The standard InChI is InChI=1S/C5H11NO5/c1-3(6(10)11)5(8,9)4(2)7/h3-4,7-9H,1-2H3. The summed E-state index contributed by atoms with van der Waals surface area (Å²) in [5.74, 6) is -2.66. The zero-order valence-corrected chi connectivity index (χ0v) is 6.26. The number of nitrogens with zero attached hydrogens (tertiary/aromatic N) is 1. The molecule has 2 atom stereocenters. The summed E-state index contributed by atoms with van der Waals surface area (Å²) >= 11 is 0. The molecule has 0 saturated heterocycles. The minimum atomic E-state index is -2.66. The van der Waals surface area contributed by atoms with Crippen LogP contribution in [-0.2, 0) is 0 Å². The molecule has 0 rings (SSSR count). The zero-order valence-electron chi connectivity index (χ0n) is 6.26. The zero-order chi connectivity index (χ0) is 9.23. The topological polar surface area (TPSA) is 104 Å². The molecule has 66 valence electrons. The van der Waals surface area contributed by atoms with Crippen molar-refractivity contribution in [1.82, 2.24) is 0 Å². The van der Waals surface area contributed by atoms with Gasteiger partial charge in [0, 0.05) is 11.8 Å². The molecule has 3 N–H and O–H groups in total. The van der Waals surface area contributed by atoms with Gasteiger partial charge in [-0.1, -0.05) is 0 Å². The smallest absolute Gasteiger partial charge is 0.265 e. The first kappa shape index (κ1) is 10.3. The molecule has 2 unspecified atom stereocenters. The van der Waals surface area contributed by atoms with Crippen LogP contribution in [-0.4, -0.2) is 38.2 Å². The second kappa shape index (κ2) is 3.12. The fourth-order valence-electron chi connectivity index (χ4n) is 0.504. The highest BCUT2D eigenvalue weighted by Gasteiger charge is 2.44. The van der Waals surface area contributed by atoms with Gasteiger partial charge in [0.1, 0.15) is 6.10 Å². The van der Waals surface area contributed by atoms with E-state index in [0.29, 0.717) is 0 Å². The van der Waals surface area contributed by atoms with Crippen LogP contribution in [0.4, 0.5) is 0 Å². The van der Waals surface area contributed by atoms with Crippen molar-refractivity contribution >= 4 is 0 Å². The molecule has 0 amide bonds. The van der Waals surface area contributed by atoms with Gasteiger partial charge in [-0.3, -0.25) is 10.1 Å². The van der Waals surface area contributed by atoms with E-state index in [0.717, 1.165) is 13.8 Å². The second-order valence-electron chi connectivity index (χ2n) is 2.42. The summed E-state index contributed by atoms with van der Waals surface area (Å²) in [6.45, 7) is 2.08. The third-order valence-electron chi connectivity index (χ3n) is 1.55. The lowest BCUT2D eigenvalue weighted by Crippen LogP contribution is -2.52. The van der Waals surface area contributed by atoms with Crippen molar-refractivity contribution in [3.05, 3.63) is 10.1 Å². The van der Waals surface area contributed by atoms with Crippen molar-refractivity contribution in [3.63, 3.8) is 0 Å². The Morgan fingerprint density at radius 3 is 1.91 bits per heavy atom. The van der Waals surface area contributed by atoms with Crippen molar-refractivity contribution in [3.8, 4) is 0 Å². The number of aliphatic hydroxyl groups is 3. The number of hydrogen-bond acceptors (Lipinski definition) is 5. The number of rotatable bonds is 3. The van der Waals surface area contributed by atoms with Crippen LogP contribution in [0.25, 0.3) is 0 Å². The van der Waals surface area contributed by atoms with Crippen LogP contribution >= 0.6 is 0 Å².